The monoisotopic (exact) mass is 840 g/mol. The summed E-state index contributed by atoms with van der Waals surface area (Å²) in [7, 11) is 0. The van der Waals surface area contributed by atoms with Crippen LogP contribution in [0.3, 0.4) is 0 Å². The third kappa shape index (κ3) is 5.52. The Balaban J connectivity index is 1.07. The Morgan fingerprint density at radius 2 is 0.545 bits per heavy atom. The first-order chi connectivity index (χ1) is 32.7. The zero-order chi connectivity index (χ0) is 43.3. The van der Waals surface area contributed by atoms with E-state index in [4.69, 9.17) is 0 Å². The van der Waals surface area contributed by atoms with Crippen LogP contribution in [0.25, 0.3) is 104 Å². The average Bonchev–Trinajstić information content (AvgIpc) is 4.00. The molecule has 66 heavy (non-hydrogen) atoms. The number of fused-ring (bicyclic) bond motifs is 11. The fourth-order valence-corrected chi connectivity index (χ4v) is 10.8. The molecule has 0 spiro atoms. The van der Waals surface area contributed by atoms with Gasteiger partial charge < -0.3 is 18.6 Å². The van der Waals surface area contributed by atoms with Gasteiger partial charge in [0, 0.05) is 66.4 Å². The molecule has 0 aliphatic carbocycles. The van der Waals surface area contributed by atoms with E-state index in [1.807, 2.05) is 0 Å². The summed E-state index contributed by atoms with van der Waals surface area (Å²) in [6.07, 6.45) is 0. The summed E-state index contributed by atoms with van der Waals surface area (Å²) in [6.45, 7) is 0. The molecule has 14 aromatic rings. The van der Waals surface area contributed by atoms with E-state index >= 15 is 0 Å². The summed E-state index contributed by atoms with van der Waals surface area (Å²) in [5.74, 6) is 0. The van der Waals surface area contributed by atoms with Crippen LogP contribution in [0.5, 0.6) is 0 Å². The lowest BCUT2D eigenvalue weighted by atomic mass is 10.0. The van der Waals surface area contributed by atoms with Gasteiger partial charge in [0.05, 0.1) is 33.1 Å². The van der Waals surface area contributed by atoms with Crippen LogP contribution in [0.1, 0.15) is 0 Å². The largest absolute Gasteiger partial charge is 0.310 e. The molecule has 0 saturated carbocycles. The SMILES string of the molecule is c1ccc(-n2c3ccccc3c3cc(N(c4ccc5c(c4)c4cc6ccccc6cc4n5-c4ccccc4)c4ccc5c6cc7ccccc7cc6n(-c6ccccc6)c5c4)ccc32)cc1. The van der Waals surface area contributed by atoms with Crippen molar-refractivity contribution in [3.8, 4) is 17.1 Å². The molecule has 0 aliphatic rings. The highest BCUT2D eigenvalue weighted by molar-refractivity contribution is 6.17. The van der Waals surface area contributed by atoms with Gasteiger partial charge in [0.2, 0.25) is 0 Å². The number of aromatic nitrogens is 3. The molecule has 0 atom stereocenters. The van der Waals surface area contributed by atoms with Gasteiger partial charge in [-0.15, -0.1) is 0 Å². The van der Waals surface area contributed by atoms with Crippen molar-refractivity contribution in [2.45, 2.75) is 0 Å². The van der Waals surface area contributed by atoms with Gasteiger partial charge in [0.15, 0.2) is 0 Å². The van der Waals surface area contributed by atoms with E-state index in [1.165, 1.54) is 81.4 Å². The highest BCUT2D eigenvalue weighted by Gasteiger charge is 2.22. The molecule has 3 aromatic heterocycles. The number of rotatable bonds is 6. The van der Waals surface area contributed by atoms with Crippen LogP contribution >= 0.6 is 0 Å². The number of hydrogen-bond donors (Lipinski definition) is 0. The maximum absolute atomic E-state index is 2.46. The molecule has 0 fully saturated rings. The molecule has 0 amide bonds. The quantitative estimate of drug-likeness (QED) is 0.163. The van der Waals surface area contributed by atoms with Crippen molar-refractivity contribution in [1.82, 2.24) is 13.7 Å². The lowest BCUT2D eigenvalue weighted by molar-refractivity contribution is 1.17. The molecule has 4 nitrogen and oxygen atoms in total. The van der Waals surface area contributed by atoms with Crippen LogP contribution in [0, 0.1) is 0 Å². The fraction of sp³-hybridized carbons (Fsp3) is 0. The summed E-state index contributed by atoms with van der Waals surface area (Å²) in [5, 5.41) is 12.2. The summed E-state index contributed by atoms with van der Waals surface area (Å²) < 4.78 is 7.25. The molecule has 0 saturated heterocycles. The second-order valence-corrected chi connectivity index (χ2v) is 17.4. The molecule has 3 heterocycles. The molecule has 0 aliphatic heterocycles. The number of anilines is 3. The van der Waals surface area contributed by atoms with Crippen LogP contribution in [-0.4, -0.2) is 13.7 Å². The van der Waals surface area contributed by atoms with Gasteiger partial charge in [0.1, 0.15) is 0 Å². The summed E-state index contributed by atoms with van der Waals surface area (Å²) >= 11 is 0. The third-order valence-electron chi connectivity index (χ3n) is 13.7. The molecule has 0 bridgehead atoms. The molecular formula is C62H40N4. The lowest BCUT2D eigenvalue weighted by Crippen LogP contribution is -2.10. The Morgan fingerprint density at radius 3 is 1.09 bits per heavy atom. The van der Waals surface area contributed by atoms with Crippen molar-refractivity contribution >= 4 is 104 Å². The second-order valence-electron chi connectivity index (χ2n) is 17.4. The van der Waals surface area contributed by atoms with Gasteiger partial charge in [-0.1, -0.05) is 127 Å². The predicted molar refractivity (Wildman–Crippen MR) is 279 cm³/mol. The molecule has 0 unspecified atom stereocenters. The Labute approximate surface area is 380 Å². The Kier molecular flexibility index (Phi) is 7.95. The molecule has 308 valence electrons. The molecule has 4 heteroatoms. The lowest BCUT2D eigenvalue weighted by Gasteiger charge is -2.26. The summed E-state index contributed by atoms with van der Waals surface area (Å²) in [6, 6.07) is 89.0. The first kappa shape index (κ1) is 36.6. The molecule has 0 N–H and O–H groups in total. The van der Waals surface area contributed by atoms with Crippen molar-refractivity contribution in [2.75, 3.05) is 4.90 Å². The van der Waals surface area contributed by atoms with Crippen LogP contribution in [-0.2, 0) is 0 Å². The van der Waals surface area contributed by atoms with Gasteiger partial charge >= 0.3 is 0 Å². The highest BCUT2D eigenvalue weighted by Crippen LogP contribution is 2.45. The topological polar surface area (TPSA) is 18.0 Å². The standard InChI is InChI=1S/C62H40N4/c1-4-20-45(21-5-1)64-57-27-15-14-26-51(57)55-38-48(29-32-58(55)64)63(49-30-33-59-56(39-49)54-35-42-17-11-13-19-44(42)37-61(54)65(59)46-22-6-2-7-23-46)50-28-31-52-53-34-41-16-10-12-18-43(41)36-60(53)66(62(52)40-50)47-24-8-3-9-25-47/h1-40H. The smallest absolute Gasteiger partial charge is 0.0561 e. The summed E-state index contributed by atoms with van der Waals surface area (Å²) in [4.78, 5) is 2.46. The van der Waals surface area contributed by atoms with E-state index in [-0.39, 0.29) is 0 Å². The number of hydrogen-bond acceptors (Lipinski definition) is 1. The Bertz CT molecular complexity index is 4220. The Hall–Kier alpha value is -8.86. The van der Waals surface area contributed by atoms with Crippen LogP contribution in [0.4, 0.5) is 17.1 Å². The normalized spacial score (nSPS) is 11.9. The maximum atomic E-state index is 2.46. The first-order valence-electron chi connectivity index (χ1n) is 22.7. The van der Waals surface area contributed by atoms with E-state index < -0.39 is 0 Å². The van der Waals surface area contributed by atoms with E-state index in [0.29, 0.717) is 0 Å². The molecule has 14 rings (SSSR count). The Morgan fingerprint density at radius 1 is 0.212 bits per heavy atom. The summed E-state index contributed by atoms with van der Waals surface area (Å²) in [5.41, 5.74) is 13.7. The molecular weight excluding hydrogens is 801 g/mol. The van der Waals surface area contributed by atoms with Crippen molar-refractivity contribution in [3.63, 3.8) is 0 Å². The number of para-hydroxylation sites is 4. The van der Waals surface area contributed by atoms with Gasteiger partial charge in [-0.3, -0.25) is 0 Å². The fourth-order valence-electron chi connectivity index (χ4n) is 10.8. The zero-order valence-electron chi connectivity index (χ0n) is 35.9. The highest BCUT2D eigenvalue weighted by atomic mass is 15.1. The third-order valence-corrected chi connectivity index (χ3v) is 13.7. The minimum Gasteiger partial charge on any atom is -0.310 e. The average molecular weight is 841 g/mol. The van der Waals surface area contributed by atoms with Gasteiger partial charge in [0.25, 0.3) is 0 Å². The molecule has 0 radical (unpaired) electrons. The zero-order valence-corrected chi connectivity index (χ0v) is 35.9. The first-order valence-corrected chi connectivity index (χ1v) is 22.7. The van der Waals surface area contributed by atoms with Crippen molar-refractivity contribution in [1.29, 1.82) is 0 Å². The molecule has 11 aromatic carbocycles. The van der Waals surface area contributed by atoms with Crippen molar-refractivity contribution in [2.24, 2.45) is 0 Å². The predicted octanol–water partition coefficient (Wildman–Crippen LogP) is 16.8. The minimum absolute atomic E-state index is 1.08. The van der Waals surface area contributed by atoms with Crippen LogP contribution in [0.2, 0.25) is 0 Å². The van der Waals surface area contributed by atoms with Gasteiger partial charge in [-0.05, 0) is 137 Å². The van der Waals surface area contributed by atoms with E-state index in [1.54, 1.807) is 0 Å². The van der Waals surface area contributed by atoms with E-state index in [9.17, 15) is 0 Å². The van der Waals surface area contributed by atoms with E-state index in [2.05, 4.69) is 261 Å². The maximum Gasteiger partial charge on any atom is 0.0561 e. The van der Waals surface area contributed by atoms with Gasteiger partial charge in [-0.25, -0.2) is 0 Å². The van der Waals surface area contributed by atoms with E-state index in [0.717, 1.165) is 39.6 Å². The van der Waals surface area contributed by atoms with Gasteiger partial charge in [-0.2, -0.15) is 0 Å². The van der Waals surface area contributed by atoms with Crippen molar-refractivity contribution < 1.29 is 0 Å². The van der Waals surface area contributed by atoms with Crippen molar-refractivity contribution in [3.05, 3.63) is 243 Å². The second kappa shape index (κ2) is 14.3. The van der Waals surface area contributed by atoms with Crippen LogP contribution in [0.15, 0.2) is 243 Å². The minimum atomic E-state index is 1.08. The van der Waals surface area contributed by atoms with Crippen LogP contribution < -0.4 is 4.90 Å². The number of nitrogens with zero attached hydrogens (tertiary/aromatic N) is 4. The number of benzene rings is 11.